The number of rotatable bonds is 6. The number of nitrogens with one attached hydrogen (secondary N) is 1. The van der Waals surface area contributed by atoms with Gasteiger partial charge in [-0.15, -0.1) is 0 Å². The number of carbonyl (C=O) groups is 2. The molecule has 0 aliphatic carbocycles. The molecule has 0 bridgehead atoms. The smallest absolute Gasteiger partial charge is 0.359 e. The number of halogens is 1. The Balaban J connectivity index is 2.13. The fraction of sp³-hybridized carbons (Fsp3) is 0.105. The second kappa shape index (κ2) is 9.54. The molecular formula is C19H17BrN2O3. The van der Waals surface area contributed by atoms with E-state index in [9.17, 15) is 9.59 Å². The van der Waals surface area contributed by atoms with Crippen LogP contribution in [0.15, 0.2) is 70.2 Å². The predicted molar refractivity (Wildman–Crippen MR) is 101 cm³/mol. The van der Waals surface area contributed by atoms with Crippen LogP contribution in [0.3, 0.4) is 0 Å². The van der Waals surface area contributed by atoms with Gasteiger partial charge in [0.15, 0.2) is 5.71 Å². The SMILES string of the molecule is CCOC(=O)/C(=N/NC(=O)/C=C/c1ccccc1)c1ccc(Br)cc1. The van der Waals surface area contributed by atoms with E-state index in [4.69, 9.17) is 4.74 Å². The van der Waals surface area contributed by atoms with E-state index >= 15 is 0 Å². The quantitative estimate of drug-likeness (QED) is 0.349. The molecule has 2 rings (SSSR count). The van der Waals surface area contributed by atoms with Crippen LogP contribution in [0.2, 0.25) is 0 Å². The molecule has 0 fully saturated rings. The Bertz CT molecular complexity index is 784. The van der Waals surface area contributed by atoms with Crippen molar-refractivity contribution in [3.05, 3.63) is 76.3 Å². The lowest BCUT2D eigenvalue weighted by molar-refractivity contribution is -0.134. The molecule has 0 saturated heterocycles. The van der Waals surface area contributed by atoms with Crippen LogP contribution >= 0.6 is 15.9 Å². The summed E-state index contributed by atoms with van der Waals surface area (Å²) in [6.07, 6.45) is 3.01. The van der Waals surface area contributed by atoms with Gasteiger partial charge in [-0.25, -0.2) is 10.2 Å². The van der Waals surface area contributed by atoms with Crippen LogP contribution in [0.1, 0.15) is 18.1 Å². The van der Waals surface area contributed by atoms with Crippen LogP contribution in [-0.2, 0) is 14.3 Å². The molecule has 0 radical (unpaired) electrons. The van der Waals surface area contributed by atoms with E-state index < -0.39 is 11.9 Å². The first kappa shape index (κ1) is 18.6. The largest absolute Gasteiger partial charge is 0.461 e. The number of hydrogen-bond donors (Lipinski definition) is 1. The van der Waals surface area contributed by atoms with Gasteiger partial charge in [-0.05, 0) is 30.7 Å². The number of ether oxygens (including phenoxy) is 1. The minimum absolute atomic E-state index is 0.0378. The number of hydrazone groups is 1. The first-order chi connectivity index (χ1) is 12.1. The third-order valence-corrected chi connectivity index (χ3v) is 3.62. The molecule has 1 amide bonds. The highest BCUT2D eigenvalue weighted by molar-refractivity contribution is 9.10. The highest BCUT2D eigenvalue weighted by Gasteiger charge is 2.16. The molecule has 25 heavy (non-hydrogen) atoms. The summed E-state index contributed by atoms with van der Waals surface area (Å²) in [5.74, 6) is -1.04. The topological polar surface area (TPSA) is 67.8 Å². The van der Waals surface area contributed by atoms with Gasteiger partial charge >= 0.3 is 5.97 Å². The number of benzene rings is 2. The zero-order valence-corrected chi connectivity index (χ0v) is 15.2. The minimum atomic E-state index is -0.600. The zero-order valence-electron chi connectivity index (χ0n) is 13.6. The molecule has 0 aliphatic rings. The first-order valence-electron chi connectivity index (χ1n) is 7.64. The van der Waals surface area contributed by atoms with Crippen molar-refractivity contribution in [1.82, 2.24) is 5.43 Å². The average Bonchev–Trinajstić information content (AvgIpc) is 2.63. The molecule has 5 nitrogen and oxygen atoms in total. The molecular weight excluding hydrogens is 384 g/mol. The number of carbonyl (C=O) groups excluding carboxylic acids is 2. The van der Waals surface area contributed by atoms with Crippen molar-refractivity contribution >= 4 is 39.6 Å². The van der Waals surface area contributed by atoms with Crippen LogP contribution in [0.25, 0.3) is 6.08 Å². The van der Waals surface area contributed by atoms with Crippen LogP contribution in [-0.4, -0.2) is 24.2 Å². The third kappa shape index (κ3) is 6.00. The maximum absolute atomic E-state index is 12.1. The minimum Gasteiger partial charge on any atom is -0.461 e. The Morgan fingerprint density at radius 2 is 1.80 bits per heavy atom. The Morgan fingerprint density at radius 1 is 1.12 bits per heavy atom. The van der Waals surface area contributed by atoms with Crippen molar-refractivity contribution in [3.8, 4) is 0 Å². The second-order valence-electron chi connectivity index (χ2n) is 4.91. The normalized spacial score (nSPS) is 11.4. The van der Waals surface area contributed by atoms with Crippen molar-refractivity contribution in [2.75, 3.05) is 6.61 Å². The standard InChI is InChI=1S/C19H17BrN2O3/c1-2-25-19(24)18(15-9-11-16(20)12-10-15)22-21-17(23)13-8-14-6-4-3-5-7-14/h3-13H,2H2,1H3,(H,21,23)/b13-8+,22-18+. The highest BCUT2D eigenvalue weighted by atomic mass is 79.9. The summed E-state index contributed by atoms with van der Waals surface area (Å²) < 4.78 is 5.87. The first-order valence-corrected chi connectivity index (χ1v) is 8.43. The van der Waals surface area contributed by atoms with Crippen molar-refractivity contribution < 1.29 is 14.3 Å². The number of hydrogen-bond acceptors (Lipinski definition) is 4. The fourth-order valence-corrected chi connectivity index (χ4v) is 2.18. The summed E-state index contributed by atoms with van der Waals surface area (Å²) in [6, 6.07) is 16.4. The van der Waals surface area contributed by atoms with Gasteiger partial charge in [0.05, 0.1) is 6.61 Å². The third-order valence-electron chi connectivity index (χ3n) is 3.09. The molecule has 0 unspecified atom stereocenters. The summed E-state index contributed by atoms with van der Waals surface area (Å²) in [7, 11) is 0. The van der Waals surface area contributed by atoms with E-state index in [0.717, 1.165) is 10.0 Å². The Labute approximate surface area is 154 Å². The second-order valence-corrected chi connectivity index (χ2v) is 5.82. The molecule has 6 heteroatoms. The molecule has 2 aromatic carbocycles. The van der Waals surface area contributed by atoms with Crippen LogP contribution in [0, 0.1) is 0 Å². The molecule has 0 atom stereocenters. The highest BCUT2D eigenvalue weighted by Crippen LogP contribution is 2.12. The lowest BCUT2D eigenvalue weighted by Gasteiger charge is -2.06. The van der Waals surface area contributed by atoms with Gasteiger partial charge in [-0.3, -0.25) is 4.79 Å². The van der Waals surface area contributed by atoms with E-state index in [0.29, 0.717) is 5.56 Å². The lowest BCUT2D eigenvalue weighted by atomic mass is 10.1. The van der Waals surface area contributed by atoms with Gasteiger partial charge in [-0.2, -0.15) is 5.10 Å². The predicted octanol–water partition coefficient (Wildman–Crippen LogP) is 3.55. The van der Waals surface area contributed by atoms with Gasteiger partial charge in [0, 0.05) is 16.1 Å². The van der Waals surface area contributed by atoms with E-state index in [-0.39, 0.29) is 12.3 Å². The molecule has 2 aromatic rings. The van der Waals surface area contributed by atoms with Gasteiger partial charge < -0.3 is 4.74 Å². The van der Waals surface area contributed by atoms with Crippen LogP contribution in [0.5, 0.6) is 0 Å². The lowest BCUT2D eigenvalue weighted by Crippen LogP contribution is -2.24. The van der Waals surface area contributed by atoms with E-state index in [1.165, 1.54) is 6.08 Å². The monoisotopic (exact) mass is 400 g/mol. The van der Waals surface area contributed by atoms with E-state index in [2.05, 4.69) is 26.5 Å². The molecule has 0 saturated carbocycles. The zero-order chi connectivity index (χ0) is 18.1. The summed E-state index contributed by atoms with van der Waals surface area (Å²) in [5, 5.41) is 3.93. The Kier molecular flexibility index (Phi) is 7.10. The molecule has 0 aromatic heterocycles. The fourth-order valence-electron chi connectivity index (χ4n) is 1.92. The van der Waals surface area contributed by atoms with E-state index in [1.54, 1.807) is 37.3 Å². The molecule has 0 heterocycles. The van der Waals surface area contributed by atoms with Crippen molar-refractivity contribution in [1.29, 1.82) is 0 Å². The van der Waals surface area contributed by atoms with Gasteiger partial charge in [0.1, 0.15) is 0 Å². The van der Waals surface area contributed by atoms with Gasteiger partial charge in [-0.1, -0.05) is 58.4 Å². The Morgan fingerprint density at radius 3 is 2.44 bits per heavy atom. The molecule has 1 N–H and O–H groups in total. The van der Waals surface area contributed by atoms with Gasteiger partial charge in [0.2, 0.25) is 0 Å². The molecule has 0 spiro atoms. The average molecular weight is 401 g/mol. The van der Waals surface area contributed by atoms with E-state index in [1.807, 2.05) is 30.3 Å². The van der Waals surface area contributed by atoms with Gasteiger partial charge in [0.25, 0.3) is 5.91 Å². The van der Waals surface area contributed by atoms with Crippen LogP contribution < -0.4 is 5.43 Å². The summed E-state index contributed by atoms with van der Waals surface area (Å²) >= 11 is 3.33. The Hall–Kier alpha value is -2.73. The van der Waals surface area contributed by atoms with Crippen LogP contribution in [0.4, 0.5) is 0 Å². The summed E-state index contributed by atoms with van der Waals surface area (Å²) in [6.45, 7) is 1.93. The number of nitrogens with zero attached hydrogens (tertiary/aromatic N) is 1. The molecule has 128 valence electrons. The summed E-state index contributed by atoms with van der Waals surface area (Å²) in [4.78, 5) is 24.0. The summed E-state index contributed by atoms with van der Waals surface area (Å²) in [5.41, 5.74) is 3.83. The van der Waals surface area contributed by atoms with Crippen molar-refractivity contribution in [2.24, 2.45) is 5.10 Å². The number of amides is 1. The number of esters is 1. The molecule has 0 aliphatic heterocycles. The maximum atomic E-state index is 12.1. The van der Waals surface area contributed by atoms with Crippen molar-refractivity contribution in [2.45, 2.75) is 6.92 Å². The maximum Gasteiger partial charge on any atom is 0.359 e. The van der Waals surface area contributed by atoms with Crippen molar-refractivity contribution in [3.63, 3.8) is 0 Å².